The minimum atomic E-state index is 0.497. The lowest BCUT2D eigenvalue weighted by Crippen LogP contribution is -2.06. The van der Waals surface area contributed by atoms with Crippen LogP contribution in [0.5, 0.6) is 11.8 Å². The third kappa shape index (κ3) is 3.44. The van der Waals surface area contributed by atoms with Gasteiger partial charge in [-0.15, -0.1) is 5.10 Å². The molecule has 2 aromatic heterocycles. The molecule has 3 rings (SSSR count). The summed E-state index contributed by atoms with van der Waals surface area (Å²) in [7, 11) is 0. The Balaban J connectivity index is 1.45. The van der Waals surface area contributed by atoms with Crippen molar-refractivity contribution in [1.82, 2.24) is 14.6 Å². The Morgan fingerprint density at radius 3 is 2.62 bits per heavy atom. The van der Waals surface area contributed by atoms with Gasteiger partial charge in [0.2, 0.25) is 0 Å². The van der Waals surface area contributed by atoms with E-state index in [2.05, 4.69) is 10.2 Å². The van der Waals surface area contributed by atoms with Crippen LogP contribution in [0.1, 0.15) is 6.42 Å². The van der Waals surface area contributed by atoms with Crippen LogP contribution in [0.2, 0.25) is 5.02 Å². The number of pyridine rings is 1. The molecule has 0 unspecified atom stereocenters. The average molecular weight is 304 g/mol. The Bertz CT molecular complexity index is 712. The highest BCUT2D eigenvalue weighted by Gasteiger charge is 2.04. The first-order chi connectivity index (χ1) is 10.3. The Hall–Kier alpha value is -2.27. The second-order valence-electron chi connectivity index (χ2n) is 4.42. The number of hydrogen-bond donors (Lipinski definition) is 0. The average Bonchev–Trinajstić information content (AvgIpc) is 2.92. The lowest BCUT2D eigenvalue weighted by molar-refractivity contribution is 0.234. The molecule has 0 fully saturated rings. The van der Waals surface area contributed by atoms with Crippen molar-refractivity contribution in [2.24, 2.45) is 0 Å². The third-order valence-electron chi connectivity index (χ3n) is 2.88. The Morgan fingerprint density at radius 2 is 1.76 bits per heavy atom. The molecule has 0 spiro atoms. The van der Waals surface area contributed by atoms with E-state index in [0.717, 1.165) is 17.8 Å². The van der Waals surface area contributed by atoms with Crippen molar-refractivity contribution in [2.45, 2.75) is 6.42 Å². The number of aromatic nitrogens is 3. The van der Waals surface area contributed by atoms with Gasteiger partial charge < -0.3 is 9.47 Å². The van der Waals surface area contributed by atoms with Crippen LogP contribution in [-0.2, 0) is 0 Å². The van der Waals surface area contributed by atoms with Crippen molar-refractivity contribution in [3.05, 3.63) is 53.7 Å². The topological polar surface area (TPSA) is 48.7 Å². The number of halogens is 1. The Labute approximate surface area is 127 Å². The molecule has 6 heteroatoms. The van der Waals surface area contributed by atoms with E-state index >= 15 is 0 Å². The summed E-state index contributed by atoms with van der Waals surface area (Å²) in [4.78, 5) is 0. The monoisotopic (exact) mass is 303 g/mol. The molecule has 0 aliphatic heterocycles. The first-order valence-electron chi connectivity index (χ1n) is 6.64. The van der Waals surface area contributed by atoms with Gasteiger partial charge in [-0.2, -0.15) is 0 Å². The number of benzene rings is 1. The van der Waals surface area contributed by atoms with Crippen molar-refractivity contribution in [2.75, 3.05) is 13.2 Å². The van der Waals surface area contributed by atoms with Gasteiger partial charge in [-0.1, -0.05) is 22.8 Å². The Kier molecular flexibility index (Phi) is 4.21. The first kappa shape index (κ1) is 13.7. The lowest BCUT2D eigenvalue weighted by atomic mass is 10.3. The van der Waals surface area contributed by atoms with E-state index < -0.39 is 0 Å². The van der Waals surface area contributed by atoms with Gasteiger partial charge in [-0.05, 0) is 36.4 Å². The molecule has 0 bridgehead atoms. The molecule has 0 aliphatic carbocycles. The minimum absolute atomic E-state index is 0.497. The van der Waals surface area contributed by atoms with Gasteiger partial charge >= 0.3 is 6.01 Å². The normalized spacial score (nSPS) is 10.7. The predicted molar refractivity (Wildman–Crippen MR) is 80.0 cm³/mol. The first-order valence-corrected chi connectivity index (χ1v) is 7.02. The fourth-order valence-electron chi connectivity index (χ4n) is 1.86. The molecule has 0 saturated heterocycles. The molecule has 1 aromatic carbocycles. The fourth-order valence-corrected chi connectivity index (χ4v) is 1.99. The van der Waals surface area contributed by atoms with Crippen molar-refractivity contribution in [3.63, 3.8) is 0 Å². The zero-order valence-electron chi connectivity index (χ0n) is 11.3. The molecule has 0 saturated carbocycles. The van der Waals surface area contributed by atoms with Gasteiger partial charge in [-0.3, -0.25) is 4.40 Å². The fraction of sp³-hybridized carbons (Fsp3) is 0.200. The van der Waals surface area contributed by atoms with E-state index in [1.807, 2.05) is 36.5 Å². The van der Waals surface area contributed by atoms with Crippen LogP contribution in [0.15, 0.2) is 48.7 Å². The SMILES string of the molecule is Clc1ccc(OCCCOc2nnc3ccccn23)cc1. The van der Waals surface area contributed by atoms with E-state index in [1.165, 1.54) is 0 Å². The van der Waals surface area contributed by atoms with Crippen molar-refractivity contribution < 1.29 is 9.47 Å². The smallest absolute Gasteiger partial charge is 0.321 e. The standard InChI is InChI=1S/C15H14ClN3O2/c16-12-5-7-13(8-6-12)20-10-3-11-21-15-18-17-14-4-1-2-9-19(14)15/h1-2,4-9H,3,10-11H2. The van der Waals surface area contributed by atoms with E-state index in [-0.39, 0.29) is 0 Å². The molecule has 0 amide bonds. The van der Waals surface area contributed by atoms with Crippen LogP contribution < -0.4 is 9.47 Å². The summed E-state index contributed by atoms with van der Waals surface area (Å²) in [6, 6.07) is 13.5. The predicted octanol–water partition coefficient (Wildman–Crippen LogP) is 3.23. The summed E-state index contributed by atoms with van der Waals surface area (Å²) in [6.45, 7) is 1.08. The van der Waals surface area contributed by atoms with Crippen LogP contribution in [0.3, 0.4) is 0 Å². The van der Waals surface area contributed by atoms with E-state index in [4.69, 9.17) is 21.1 Å². The van der Waals surface area contributed by atoms with Gasteiger partial charge in [0.25, 0.3) is 0 Å². The summed E-state index contributed by atoms with van der Waals surface area (Å²) in [5.74, 6) is 0.798. The number of rotatable bonds is 6. The molecule has 0 N–H and O–H groups in total. The van der Waals surface area contributed by atoms with Crippen molar-refractivity contribution in [3.8, 4) is 11.8 Å². The largest absolute Gasteiger partial charge is 0.493 e. The van der Waals surface area contributed by atoms with Gasteiger partial charge in [0.15, 0.2) is 5.65 Å². The van der Waals surface area contributed by atoms with E-state index in [0.29, 0.717) is 24.2 Å². The summed E-state index contributed by atoms with van der Waals surface area (Å²) >= 11 is 5.81. The molecule has 0 aliphatic rings. The highest BCUT2D eigenvalue weighted by Crippen LogP contribution is 2.15. The second kappa shape index (κ2) is 6.45. The van der Waals surface area contributed by atoms with Gasteiger partial charge in [0.1, 0.15) is 5.75 Å². The lowest BCUT2D eigenvalue weighted by Gasteiger charge is -2.06. The van der Waals surface area contributed by atoms with Crippen LogP contribution in [-0.4, -0.2) is 27.8 Å². The van der Waals surface area contributed by atoms with Crippen LogP contribution in [0, 0.1) is 0 Å². The van der Waals surface area contributed by atoms with Gasteiger partial charge in [0, 0.05) is 17.6 Å². The highest BCUT2D eigenvalue weighted by atomic mass is 35.5. The molecule has 21 heavy (non-hydrogen) atoms. The molecule has 0 atom stereocenters. The maximum absolute atomic E-state index is 5.81. The third-order valence-corrected chi connectivity index (χ3v) is 3.14. The second-order valence-corrected chi connectivity index (χ2v) is 4.85. The van der Waals surface area contributed by atoms with Gasteiger partial charge in [0.05, 0.1) is 13.2 Å². The number of nitrogens with zero attached hydrogens (tertiary/aromatic N) is 3. The Morgan fingerprint density at radius 1 is 0.952 bits per heavy atom. The molecule has 2 heterocycles. The summed E-state index contributed by atoms with van der Waals surface area (Å²) in [5.41, 5.74) is 0.768. The van der Waals surface area contributed by atoms with Gasteiger partial charge in [-0.25, -0.2) is 0 Å². The molecular weight excluding hydrogens is 290 g/mol. The maximum Gasteiger partial charge on any atom is 0.321 e. The highest BCUT2D eigenvalue weighted by molar-refractivity contribution is 6.30. The van der Waals surface area contributed by atoms with Crippen LogP contribution in [0.25, 0.3) is 5.65 Å². The van der Waals surface area contributed by atoms with E-state index in [1.54, 1.807) is 16.5 Å². The van der Waals surface area contributed by atoms with Crippen molar-refractivity contribution in [1.29, 1.82) is 0 Å². The van der Waals surface area contributed by atoms with Crippen molar-refractivity contribution >= 4 is 17.2 Å². The van der Waals surface area contributed by atoms with Crippen LogP contribution >= 0.6 is 11.6 Å². The molecule has 3 aromatic rings. The molecule has 5 nitrogen and oxygen atoms in total. The molecule has 108 valence electrons. The molecule has 0 radical (unpaired) electrons. The summed E-state index contributed by atoms with van der Waals surface area (Å²) in [5, 5.41) is 8.71. The quantitative estimate of drug-likeness (QED) is 0.656. The summed E-state index contributed by atoms with van der Waals surface area (Å²) in [6.07, 6.45) is 2.62. The maximum atomic E-state index is 5.81. The van der Waals surface area contributed by atoms with Crippen LogP contribution in [0.4, 0.5) is 0 Å². The summed E-state index contributed by atoms with van der Waals surface area (Å²) < 4.78 is 13.0. The molecular formula is C15H14ClN3O2. The number of hydrogen-bond acceptors (Lipinski definition) is 4. The zero-order chi connectivity index (χ0) is 14.5. The zero-order valence-corrected chi connectivity index (χ0v) is 12.0. The number of fused-ring (bicyclic) bond motifs is 1. The number of ether oxygens (including phenoxy) is 2. The minimum Gasteiger partial charge on any atom is -0.493 e. The van der Waals surface area contributed by atoms with E-state index in [9.17, 15) is 0 Å².